The number of fused-ring (bicyclic) bond motifs is 2. The zero-order chi connectivity index (χ0) is 22.9. The average Bonchev–Trinajstić information content (AvgIpc) is 2.99. The minimum atomic E-state index is -2.15. The molecule has 2 saturated heterocycles. The Morgan fingerprint density at radius 2 is 1.97 bits per heavy atom. The van der Waals surface area contributed by atoms with E-state index in [9.17, 15) is 35.2 Å². The van der Waals surface area contributed by atoms with Gasteiger partial charge in [-0.3, -0.25) is 4.79 Å². The standard InChI is InChI=1S/C19H27N3O9/c1-2-30-18(27)12(13-14(24)19(28)8-31-17(15(19)25)22(13)29)21-16(26)11(20)7-9-3-5-10(23)6-4-9/h3-6,11-15,17,23-25,28-29H,2,7-8,20H2,1H3,(H,21,26)/t11-,12?,13?,14-,15+,17?,19+/m0/s1. The monoisotopic (exact) mass is 441 g/mol. The number of aromatic hydroxyl groups is 1. The van der Waals surface area contributed by atoms with E-state index in [1.54, 1.807) is 12.1 Å². The summed E-state index contributed by atoms with van der Waals surface area (Å²) < 4.78 is 10.1. The number of hydrogen-bond donors (Lipinski definition) is 7. The molecule has 2 aliphatic heterocycles. The number of aliphatic hydroxyl groups is 3. The highest BCUT2D eigenvalue weighted by molar-refractivity contribution is 5.88. The molecule has 0 saturated carbocycles. The first-order valence-corrected chi connectivity index (χ1v) is 9.78. The number of nitrogens with zero attached hydrogens (tertiary/aromatic N) is 1. The summed E-state index contributed by atoms with van der Waals surface area (Å²) >= 11 is 0. The summed E-state index contributed by atoms with van der Waals surface area (Å²) in [6.45, 7) is 0.995. The summed E-state index contributed by atoms with van der Waals surface area (Å²) in [6, 6.07) is 1.72. The van der Waals surface area contributed by atoms with Gasteiger partial charge in [-0.25, -0.2) is 4.79 Å². The molecule has 2 aliphatic rings. The minimum Gasteiger partial charge on any atom is -0.508 e. The van der Waals surface area contributed by atoms with Crippen LogP contribution < -0.4 is 11.1 Å². The summed E-state index contributed by atoms with van der Waals surface area (Å²) in [4.78, 5) is 25.3. The largest absolute Gasteiger partial charge is 0.508 e. The Hall–Kier alpha value is -2.32. The number of carbonyl (C=O) groups is 2. The van der Waals surface area contributed by atoms with E-state index in [2.05, 4.69) is 5.32 Å². The number of hydrogen-bond acceptors (Lipinski definition) is 11. The molecule has 3 unspecified atom stereocenters. The number of carbonyl (C=O) groups excluding carboxylic acids is 2. The van der Waals surface area contributed by atoms with Crippen molar-refractivity contribution in [3.63, 3.8) is 0 Å². The summed E-state index contributed by atoms with van der Waals surface area (Å²) in [6.07, 6.45) is -4.85. The van der Waals surface area contributed by atoms with E-state index in [-0.39, 0.29) is 18.8 Å². The van der Waals surface area contributed by atoms with Crippen molar-refractivity contribution in [3.05, 3.63) is 29.8 Å². The summed E-state index contributed by atoms with van der Waals surface area (Å²) in [7, 11) is 0. The van der Waals surface area contributed by atoms with Crippen LogP contribution in [0.25, 0.3) is 0 Å². The van der Waals surface area contributed by atoms with Crippen molar-refractivity contribution in [1.82, 2.24) is 10.4 Å². The Morgan fingerprint density at radius 1 is 1.32 bits per heavy atom. The number of nitrogens with two attached hydrogens (primary N) is 1. The predicted molar refractivity (Wildman–Crippen MR) is 102 cm³/mol. The molecule has 2 fully saturated rings. The third kappa shape index (κ3) is 4.36. The van der Waals surface area contributed by atoms with Crippen LogP contribution in [0, 0.1) is 0 Å². The molecule has 12 nitrogen and oxygen atoms in total. The number of ether oxygens (including phenoxy) is 2. The van der Waals surface area contributed by atoms with Crippen molar-refractivity contribution in [2.24, 2.45) is 5.73 Å². The van der Waals surface area contributed by atoms with Crippen molar-refractivity contribution < 1.29 is 44.7 Å². The van der Waals surface area contributed by atoms with Crippen LogP contribution in [0.4, 0.5) is 0 Å². The van der Waals surface area contributed by atoms with Crippen LogP contribution in [0.5, 0.6) is 5.75 Å². The van der Waals surface area contributed by atoms with Crippen LogP contribution >= 0.6 is 0 Å². The topological polar surface area (TPSA) is 195 Å². The number of piperidine rings is 1. The number of benzene rings is 1. The molecule has 0 aliphatic carbocycles. The molecule has 0 radical (unpaired) electrons. The molecule has 31 heavy (non-hydrogen) atoms. The molecule has 2 heterocycles. The molecule has 1 amide bonds. The zero-order valence-electron chi connectivity index (χ0n) is 16.8. The van der Waals surface area contributed by atoms with E-state index in [1.807, 2.05) is 0 Å². The first-order valence-electron chi connectivity index (χ1n) is 9.78. The normalized spacial score (nSPS) is 32.3. The second-order valence-electron chi connectivity index (χ2n) is 7.67. The maximum Gasteiger partial charge on any atom is 0.330 e. The van der Waals surface area contributed by atoms with Crippen LogP contribution in [0.15, 0.2) is 24.3 Å². The Balaban J connectivity index is 1.80. The Morgan fingerprint density at radius 3 is 2.58 bits per heavy atom. The highest BCUT2D eigenvalue weighted by Gasteiger charge is 2.65. The summed E-state index contributed by atoms with van der Waals surface area (Å²) in [5.74, 6) is -1.70. The minimum absolute atomic E-state index is 0.0498. The fourth-order valence-corrected chi connectivity index (χ4v) is 3.82. The van der Waals surface area contributed by atoms with Gasteiger partial charge >= 0.3 is 5.97 Å². The predicted octanol–water partition coefficient (Wildman–Crippen LogP) is -2.81. The lowest BCUT2D eigenvalue weighted by atomic mass is 9.80. The van der Waals surface area contributed by atoms with Crippen LogP contribution in [-0.2, 0) is 25.5 Å². The van der Waals surface area contributed by atoms with Gasteiger partial charge in [-0.2, -0.15) is 5.06 Å². The molecule has 7 atom stereocenters. The van der Waals surface area contributed by atoms with Crippen molar-refractivity contribution >= 4 is 11.9 Å². The molecular formula is C19H27N3O9. The Labute approximate surface area is 177 Å². The number of phenols is 1. The number of rotatable bonds is 7. The highest BCUT2D eigenvalue weighted by Crippen LogP contribution is 2.39. The number of nitrogens with one attached hydrogen (secondary N) is 1. The van der Waals surface area contributed by atoms with Gasteiger partial charge in [0.05, 0.1) is 25.3 Å². The number of hydroxylamine groups is 2. The third-order valence-electron chi connectivity index (χ3n) is 5.58. The molecule has 3 rings (SSSR count). The third-order valence-corrected chi connectivity index (χ3v) is 5.58. The van der Waals surface area contributed by atoms with E-state index in [0.717, 1.165) is 0 Å². The molecule has 2 bridgehead atoms. The van der Waals surface area contributed by atoms with E-state index >= 15 is 0 Å². The number of aliphatic hydroxyl groups excluding tert-OH is 2. The van der Waals surface area contributed by atoms with Crippen LogP contribution in [-0.4, -0.2) is 97.9 Å². The maximum absolute atomic E-state index is 12.7. The van der Waals surface area contributed by atoms with Gasteiger partial charge in [0.15, 0.2) is 6.23 Å². The SMILES string of the molecule is CCOC(=O)C(NC(=O)[C@@H](N)Cc1ccc(O)cc1)C1[C@H](O)[C@]2(O)COC([C@H]2O)N1O. The van der Waals surface area contributed by atoms with Crippen LogP contribution in [0.1, 0.15) is 12.5 Å². The van der Waals surface area contributed by atoms with Gasteiger partial charge in [0.1, 0.15) is 29.6 Å². The van der Waals surface area contributed by atoms with E-state index in [0.29, 0.717) is 10.6 Å². The quantitative estimate of drug-likeness (QED) is 0.216. The van der Waals surface area contributed by atoms with Gasteiger partial charge in [0.25, 0.3) is 0 Å². The lowest BCUT2D eigenvalue weighted by molar-refractivity contribution is -0.298. The summed E-state index contributed by atoms with van der Waals surface area (Å²) in [5, 5.41) is 54.0. The van der Waals surface area contributed by atoms with Crippen LogP contribution in [0.2, 0.25) is 0 Å². The molecule has 0 spiro atoms. The second-order valence-corrected chi connectivity index (χ2v) is 7.67. The van der Waals surface area contributed by atoms with Crippen molar-refractivity contribution in [2.75, 3.05) is 13.2 Å². The van der Waals surface area contributed by atoms with Crippen LogP contribution in [0.3, 0.4) is 0 Å². The summed E-state index contributed by atoms with van der Waals surface area (Å²) in [5.41, 5.74) is 4.44. The Bertz CT molecular complexity index is 807. The maximum atomic E-state index is 12.7. The van der Waals surface area contributed by atoms with Crippen molar-refractivity contribution in [3.8, 4) is 5.75 Å². The molecule has 1 aromatic carbocycles. The molecule has 172 valence electrons. The second kappa shape index (κ2) is 9.04. The fraction of sp³-hybridized carbons (Fsp3) is 0.579. The van der Waals surface area contributed by atoms with E-state index in [1.165, 1.54) is 19.1 Å². The van der Waals surface area contributed by atoms with E-state index < -0.39 is 60.6 Å². The first kappa shape index (κ1) is 23.3. The van der Waals surface area contributed by atoms with Gasteiger partial charge in [-0.05, 0) is 31.0 Å². The lowest BCUT2D eigenvalue weighted by Gasteiger charge is -2.46. The Kier molecular flexibility index (Phi) is 6.81. The highest BCUT2D eigenvalue weighted by atomic mass is 16.6. The van der Waals surface area contributed by atoms with Gasteiger partial charge in [-0.1, -0.05) is 12.1 Å². The average molecular weight is 441 g/mol. The number of amides is 1. The van der Waals surface area contributed by atoms with Gasteiger partial charge in [-0.15, -0.1) is 0 Å². The molecule has 12 heteroatoms. The molecule has 0 aromatic heterocycles. The zero-order valence-corrected chi connectivity index (χ0v) is 16.8. The molecule has 1 aromatic rings. The van der Waals surface area contributed by atoms with Gasteiger partial charge in [0, 0.05) is 0 Å². The fourth-order valence-electron chi connectivity index (χ4n) is 3.82. The number of phenolic OH excluding ortho intramolecular Hbond substituents is 1. The van der Waals surface area contributed by atoms with E-state index in [4.69, 9.17) is 15.2 Å². The van der Waals surface area contributed by atoms with Gasteiger partial charge in [0.2, 0.25) is 5.91 Å². The smallest absolute Gasteiger partial charge is 0.330 e. The lowest BCUT2D eigenvalue weighted by Crippen LogP contribution is -2.74. The number of esters is 1. The molecular weight excluding hydrogens is 414 g/mol. The van der Waals surface area contributed by atoms with Gasteiger partial charge < -0.3 is 46.2 Å². The van der Waals surface area contributed by atoms with Crippen molar-refractivity contribution in [2.45, 2.75) is 55.5 Å². The first-order chi connectivity index (χ1) is 14.6. The molecule has 8 N–H and O–H groups in total. The van der Waals surface area contributed by atoms with Crippen molar-refractivity contribution in [1.29, 1.82) is 0 Å².